The van der Waals surface area contributed by atoms with Crippen molar-refractivity contribution in [3.8, 4) is 0 Å². The summed E-state index contributed by atoms with van der Waals surface area (Å²) in [6.45, 7) is 1.50. The highest BCUT2D eigenvalue weighted by molar-refractivity contribution is 6.30. The van der Waals surface area contributed by atoms with Gasteiger partial charge < -0.3 is 4.90 Å². The molecule has 0 amide bonds. The lowest BCUT2D eigenvalue weighted by molar-refractivity contribution is 0.101. The van der Waals surface area contributed by atoms with Crippen molar-refractivity contribution in [1.82, 2.24) is 23.7 Å². The van der Waals surface area contributed by atoms with Gasteiger partial charge in [0.25, 0.3) is 0 Å². The van der Waals surface area contributed by atoms with Gasteiger partial charge in [-0.3, -0.25) is 18.4 Å². The Labute approximate surface area is 183 Å². The molecule has 4 heterocycles. The van der Waals surface area contributed by atoms with Gasteiger partial charge in [-0.25, -0.2) is 9.97 Å². The normalized spacial score (nSPS) is 11.0. The molecule has 0 fully saturated rings. The van der Waals surface area contributed by atoms with Crippen LogP contribution in [-0.4, -0.2) is 49.3 Å². The minimum absolute atomic E-state index is 0.0187. The Balaban J connectivity index is 0.000000177. The molecule has 30 heavy (non-hydrogen) atoms. The number of carbonyl (C=O) groups is 2. The van der Waals surface area contributed by atoms with Gasteiger partial charge in [-0.1, -0.05) is 23.2 Å². The lowest BCUT2D eigenvalue weighted by Crippen LogP contribution is -2.04. The van der Waals surface area contributed by atoms with Crippen molar-refractivity contribution in [2.24, 2.45) is 0 Å². The molecular formula is C21H19Cl2N5O2. The summed E-state index contributed by atoms with van der Waals surface area (Å²) in [7, 11) is 3.71. The van der Waals surface area contributed by atoms with E-state index in [0.29, 0.717) is 27.1 Å². The predicted octanol–water partition coefficient (Wildman–Crippen LogP) is 4.44. The minimum Gasteiger partial charge on any atom is -0.383 e. The van der Waals surface area contributed by atoms with Crippen LogP contribution >= 0.6 is 23.2 Å². The van der Waals surface area contributed by atoms with Crippen molar-refractivity contribution in [2.75, 3.05) is 14.1 Å². The van der Waals surface area contributed by atoms with E-state index in [4.69, 9.17) is 23.2 Å². The third kappa shape index (κ3) is 4.87. The number of ketones is 2. The topological polar surface area (TPSA) is 72.0 Å². The Kier molecular flexibility index (Phi) is 6.54. The third-order valence-electron chi connectivity index (χ3n) is 4.08. The number of halogens is 2. The molecular weight excluding hydrogens is 425 g/mol. The number of allylic oxidation sites excluding steroid dienone is 1. The summed E-state index contributed by atoms with van der Waals surface area (Å²) in [5.41, 5.74) is 2.49. The van der Waals surface area contributed by atoms with Gasteiger partial charge in [0.05, 0.1) is 22.4 Å². The molecule has 0 saturated carbocycles. The van der Waals surface area contributed by atoms with Crippen LogP contribution in [0.5, 0.6) is 0 Å². The number of fused-ring (bicyclic) bond motifs is 2. The first kappa shape index (κ1) is 21.5. The molecule has 154 valence electrons. The van der Waals surface area contributed by atoms with Gasteiger partial charge >= 0.3 is 0 Å². The first-order chi connectivity index (χ1) is 14.3. The highest BCUT2D eigenvalue weighted by atomic mass is 35.5. The van der Waals surface area contributed by atoms with Gasteiger partial charge in [0.2, 0.25) is 5.78 Å². The number of aromatic nitrogens is 4. The summed E-state index contributed by atoms with van der Waals surface area (Å²) in [6.07, 6.45) is 9.67. The second-order valence-corrected chi connectivity index (χ2v) is 7.51. The van der Waals surface area contributed by atoms with Crippen LogP contribution in [0.15, 0.2) is 61.3 Å². The highest BCUT2D eigenvalue weighted by Crippen LogP contribution is 2.14. The molecule has 9 heteroatoms. The molecule has 4 aromatic heterocycles. The maximum absolute atomic E-state index is 11.9. The Hall–Kier alpha value is -3.16. The second-order valence-electron chi connectivity index (χ2n) is 6.64. The Morgan fingerprint density at radius 1 is 0.900 bits per heavy atom. The molecule has 0 atom stereocenters. The van der Waals surface area contributed by atoms with E-state index in [1.54, 1.807) is 69.0 Å². The molecule has 0 unspecified atom stereocenters. The van der Waals surface area contributed by atoms with Crippen LogP contribution in [0.1, 0.15) is 27.9 Å². The molecule has 0 aliphatic heterocycles. The fourth-order valence-corrected chi connectivity index (χ4v) is 2.98. The Morgan fingerprint density at radius 3 is 1.90 bits per heavy atom. The largest absolute Gasteiger partial charge is 0.383 e. The standard InChI is InChI=1S/C12H12ClN3O.C9H7ClN2O/c1-15(2)6-5-11(17)10-7-14-12-4-3-9(13)8-16(10)12;1-6(13)8-4-11-9-3-2-7(10)5-12(8)9/h3-8H,1-2H3;2-5H,1H3/b6-5+;. The van der Waals surface area contributed by atoms with E-state index in [-0.39, 0.29) is 11.6 Å². The van der Waals surface area contributed by atoms with E-state index in [1.165, 1.54) is 13.0 Å². The monoisotopic (exact) mass is 443 g/mol. The highest BCUT2D eigenvalue weighted by Gasteiger charge is 2.09. The van der Waals surface area contributed by atoms with Gasteiger partial charge in [-0.2, -0.15) is 0 Å². The van der Waals surface area contributed by atoms with E-state index in [0.717, 1.165) is 5.65 Å². The van der Waals surface area contributed by atoms with Crippen LogP contribution in [0.25, 0.3) is 11.3 Å². The molecule has 0 spiro atoms. The molecule has 0 bridgehead atoms. The summed E-state index contributed by atoms with van der Waals surface area (Å²) in [5, 5.41) is 1.16. The van der Waals surface area contributed by atoms with Gasteiger partial charge in [0.15, 0.2) is 5.78 Å². The van der Waals surface area contributed by atoms with Gasteiger partial charge in [0, 0.05) is 45.7 Å². The fourth-order valence-electron chi connectivity index (χ4n) is 2.65. The van der Waals surface area contributed by atoms with Crippen molar-refractivity contribution in [3.05, 3.63) is 82.8 Å². The van der Waals surface area contributed by atoms with Gasteiger partial charge in [-0.15, -0.1) is 0 Å². The van der Waals surface area contributed by atoms with Crippen LogP contribution in [0, 0.1) is 0 Å². The summed E-state index contributed by atoms with van der Waals surface area (Å²) < 4.78 is 3.37. The van der Waals surface area contributed by atoms with E-state index < -0.39 is 0 Å². The molecule has 4 aromatic rings. The first-order valence-electron chi connectivity index (χ1n) is 8.91. The lowest BCUT2D eigenvalue weighted by atomic mass is 10.3. The molecule has 0 N–H and O–H groups in total. The van der Waals surface area contributed by atoms with E-state index in [2.05, 4.69) is 9.97 Å². The van der Waals surface area contributed by atoms with Crippen LogP contribution in [-0.2, 0) is 0 Å². The zero-order valence-corrected chi connectivity index (χ0v) is 18.1. The maximum Gasteiger partial charge on any atom is 0.205 e. The zero-order valence-electron chi connectivity index (χ0n) is 16.6. The predicted molar refractivity (Wildman–Crippen MR) is 118 cm³/mol. The van der Waals surface area contributed by atoms with E-state index in [9.17, 15) is 9.59 Å². The molecule has 0 saturated heterocycles. The number of hydrogen-bond acceptors (Lipinski definition) is 5. The number of rotatable bonds is 4. The van der Waals surface area contributed by atoms with E-state index >= 15 is 0 Å². The van der Waals surface area contributed by atoms with Crippen LogP contribution in [0.2, 0.25) is 10.0 Å². The van der Waals surface area contributed by atoms with Crippen molar-refractivity contribution < 1.29 is 9.59 Å². The summed E-state index contributed by atoms with van der Waals surface area (Å²) in [6, 6.07) is 7.03. The van der Waals surface area contributed by atoms with Crippen molar-refractivity contribution in [1.29, 1.82) is 0 Å². The first-order valence-corrected chi connectivity index (χ1v) is 9.67. The third-order valence-corrected chi connectivity index (χ3v) is 4.52. The SMILES string of the molecule is CC(=O)c1cnc2ccc(Cl)cn12.CN(C)/C=C/C(=O)c1cnc2ccc(Cl)cn12. The minimum atomic E-state index is -0.103. The summed E-state index contributed by atoms with van der Waals surface area (Å²) in [5.74, 6) is -0.122. The molecule has 7 nitrogen and oxygen atoms in total. The van der Waals surface area contributed by atoms with Gasteiger partial charge in [0.1, 0.15) is 22.7 Å². The van der Waals surface area contributed by atoms with Crippen molar-refractivity contribution in [3.63, 3.8) is 0 Å². The zero-order chi connectivity index (χ0) is 21.8. The number of carbonyl (C=O) groups excluding carboxylic acids is 2. The van der Waals surface area contributed by atoms with Gasteiger partial charge in [-0.05, 0) is 24.3 Å². The molecule has 0 radical (unpaired) electrons. The van der Waals surface area contributed by atoms with E-state index in [1.807, 2.05) is 14.1 Å². The Morgan fingerprint density at radius 2 is 1.40 bits per heavy atom. The van der Waals surface area contributed by atoms with Crippen LogP contribution in [0.4, 0.5) is 0 Å². The number of hydrogen-bond donors (Lipinski definition) is 0. The molecule has 0 aliphatic carbocycles. The molecule has 0 aromatic carbocycles. The summed E-state index contributed by atoms with van der Waals surface area (Å²) in [4.78, 5) is 33.1. The fraction of sp³-hybridized carbons (Fsp3) is 0.143. The smallest absolute Gasteiger partial charge is 0.205 e. The number of imidazole rings is 2. The van der Waals surface area contributed by atoms with Crippen molar-refractivity contribution in [2.45, 2.75) is 6.92 Å². The maximum atomic E-state index is 11.9. The molecule has 4 rings (SSSR count). The van der Waals surface area contributed by atoms with Crippen molar-refractivity contribution >= 4 is 46.1 Å². The molecule has 0 aliphatic rings. The van der Waals surface area contributed by atoms with Crippen LogP contribution < -0.4 is 0 Å². The number of Topliss-reactive ketones (excluding diaryl/α,β-unsaturated/α-hetero) is 1. The lowest BCUT2D eigenvalue weighted by Gasteiger charge is -2.02. The summed E-state index contributed by atoms with van der Waals surface area (Å²) >= 11 is 11.7. The Bertz CT molecular complexity index is 1260. The number of pyridine rings is 2. The average molecular weight is 444 g/mol. The quantitative estimate of drug-likeness (QED) is 0.344. The number of nitrogens with zero attached hydrogens (tertiary/aromatic N) is 5. The average Bonchev–Trinajstić information content (AvgIpc) is 3.30. The second kappa shape index (κ2) is 9.11. The van der Waals surface area contributed by atoms with Crippen LogP contribution in [0.3, 0.4) is 0 Å².